The Hall–Kier alpha value is -0.670. The predicted molar refractivity (Wildman–Crippen MR) is 69.9 cm³/mol. The first-order chi connectivity index (χ1) is 7.58. The summed E-state index contributed by atoms with van der Waals surface area (Å²) >= 11 is 3.39. The van der Waals surface area contributed by atoms with Crippen molar-refractivity contribution in [3.63, 3.8) is 0 Å². The van der Waals surface area contributed by atoms with Gasteiger partial charge in [-0.25, -0.2) is 4.39 Å². The molecule has 0 aromatic heterocycles. The molecule has 0 aliphatic carbocycles. The third kappa shape index (κ3) is 3.42. The number of rotatable bonds is 5. The summed E-state index contributed by atoms with van der Waals surface area (Å²) in [6.45, 7) is 6.10. The summed E-state index contributed by atoms with van der Waals surface area (Å²) in [7, 11) is 1.91. The standard InChI is InChI=1S/C13H17BrFN/c1-4-9(2)7-13(16-3)11-6-5-10(15)8-12(11)14/h5-6,8,13,16H,2,4,7H2,1,3H3. The Morgan fingerprint density at radius 1 is 1.56 bits per heavy atom. The molecule has 0 spiro atoms. The van der Waals surface area contributed by atoms with Gasteiger partial charge in [-0.1, -0.05) is 41.1 Å². The van der Waals surface area contributed by atoms with Gasteiger partial charge in [0.25, 0.3) is 0 Å². The van der Waals surface area contributed by atoms with Crippen molar-refractivity contribution in [2.75, 3.05) is 7.05 Å². The molecule has 1 rings (SSSR count). The first-order valence-corrected chi connectivity index (χ1v) is 6.16. The Balaban J connectivity index is 2.90. The van der Waals surface area contributed by atoms with Gasteiger partial charge in [-0.3, -0.25) is 0 Å². The molecular formula is C13H17BrFN. The van der Waals surface area contributed by atoms with Gasteiger partial charge in [0.05, 0.1) is 0 Å². The Bertz CT molecular complexity index is 376. The highest BCUT2D eigenvalue weighted by Crippen LogP contribution is 2.28. The average molecular weight is 286 g/mol. The fourth-order valence-electron chi connectivity index (χ4n) is 1.58. The van der Waals surface area contributed by atoms with Crippen LogP contribution in [-0.4, -0.2) is 7.05 Å². The number of hydrogen-bond donors (Lipinski definition) is 1. The highest BCUT2D eigenvalue weighted by molar-refractivity contribution is 9.10. The Labute approximate surface area is 105 Å². The van der Waals surface area contributed by atoms with E-state index >= 15 is 0 Å². The van der Waals surface area contributed by atoms with E-state index in [4.69, 9.17) is 0 Å². The smallest absolute Gasteiger partial charge is 0.124 e. The largest absolute Gasteiger partial charge is 0.313 e. The van der Waals surface area contributed by atoms with Crippen LogP contribution >= 0.6 is 15.9 Å². The van der Waals surface area contributed by atoms with Gasteiger partial charge >= 0.3 is 0 Å². The van der Waals surface area contributed by atoms with Crippen molar-refractivity contribution < 1.29 is 4.39 Å². The minimum Gasteiger partial charge on any atom is -0.313 e. The lowest BCUT2D eigenvalue weighted by Crippen LogP contribution is -2.17. The number of halogens is 2. The van der Waals surface area contributed by atoms with Gasteiger partial charge in [0, 0.05) is 10.5 Å². The van der Waals surface area contributed by atoms with Crippen molar-refractivity contribution in [3.8, 4) is 0 Å². The van der Waals surface area contributed by atoms with Crippen LogP contribution in [-0.2, 0) is 0 Å². The fourth-order valence-corrected chi connectivity index (χ4v) is 2.21. The maximum atomic E-state index is 13.0. The highest BCUT2D eigenvalue weighted by atomic mass is 79.9. The van der Waals surface area contributed by atoms with Crippen molar-refractivity contribution in [2.45, 2.75) is 25.8 Å². The summed E-state index contributed by atoms with van der Waals surface area (Å²) < 4.78 is 13.8. The first-order valence-electron chi connectivity index (χ1n) is 5.37. The van der Waals surface area contributed by atoms with Gasteiger partial charge in [0.2, 0.25) is 0 Å². The molecule has 16 heavy (non-hydrogen) atoms. The number of hydrogen-bond acceptors (Lipinski definition) is 1. The minimum absolute atomic E-state index is 0.183. The Kier molecular flexibility index (Phi) is 5.16. The molecule has 1 aromatic rings. The van der Waals surface area contributed by atoms with Gasteiger partial charge in [-0.05, 0) is 37.6 Å². The van der Waals surface area contributed by atoms with E-state index in [1.165, 1.54) is 17.7 Å². The molecule has 88 valence electrons. The summed E-state index contributed by atoms with van der Waals surface area (Å²) in [6, 6.07) is 4.97. The third-order valence-corrected chi connectivity index (χ3v) is 3.37. The summed E-state index contributed by atoms with van der Waals surface area (Å²) in [5, 5.41) is 3.23. The van der Waals surface area contributed by atoms with E-state index in [1.807, 2.05) is 13.1 Å². The summed E-state index contributed by atoms with van der Waals surface area (Å²) in [5.74, 6) is -0.222. The van der Waals surface area contributed by atoms with Gasteiger partial charge < -0.3 is 5.32 Å². The molecule has 0 saturated carbocycles. The van der Waals surface area contributed by atoms with E-state index in [1.54, 1.807) is 0 Å². The zero-order chi connectivity index (χ0) is 12.1. The molecule has 1 aromatic carbocycles. The molecular weight excluding hydrogens is 269 g/mol. The van der Waals surface area contributed by atoms with Crippen LogP contribution in [0.1, 0.15) is 31.4 Å². The molecule has 0 radical (unpaired) electrons. The lowest BCUT2D eigenvalue weighted by molar-refractivity contribution is 0.575. The second-order valence-corrected chi connectivity index (χ2v) is 4.67. The van der Waals surface area contributed by atoms with Gasteiger partial charge in [0.1, 0.15) is 5.82 Å². The van der Waals surface area contributed by atoms with Crippen molar-refractivity contribution >= 4 is 15.9 Å². The normalized spacial score (nSPS) is 12.5. The lowest BCUT2D eigenvalue weighted by Gasteiger charge is -2.19. The maximum Gasteiger partial charge on any atom is 0.124 e. The average Bonchev–Trinajstić information content (AvgIpc) is 2.26. The van der Waals surface area contributed by atoms with E-state index in [-0.39, 0.29) is 11.9 Å². The van der Waals surface area contributed by atoms with Crippen LogP contribution in [0.5, 0.6) is 0 Å². The molecule has 1 unspecified atom stereocenters. The topological polar surface area (TPSA) is 12.0 Å². The van der Waals surface area contributed by atoms with Crippen LogP contribution in [0.2, 0.25) is 0 Å². The minimum atomic E-state index is -0.222. The molecule has 0 fully saturated rings. The molecule has 0 amide bonds. The van der Waals surface area contributed by atoms with Gasteiger partial charge in [-0.15, -0.1) is 0 Å². The zero-order valence-electron chi connectivity index (χ0n) is 9.69. The number of nitrogens with one attached hydrogen (secondary N) is 1. The first kappa shape index (κ1) is 13.4. The van der Waals surface area contributed by atoms with Crippen molar-refractivity contribution in [3.05, 3.63) is 46.2 Å². The van der Waals surface area contributed by atoms with Gasteiger partial charge in [-0.2, -0.15) is 0 Å². The van der Waals surface area contributed by atoms with Crippen LogP contribution in [0.4, 0.5) is 4.39 Å². The molecule has 1 N–H and O–H groups in total. The van der Waals surface area contributed by atoms with Crippen LogP contribution in [0, 0.1) is 5.82 Å². The predicted octanol–water partition coefficient (Wildman–Crippen LogP) is 4.21. The Morgan fingerprint density at radius 3 is 2.75 bits per heavy atom. The lowest BCUT2D eigenvalue weighted by atomic mass is 9.98. The van der Waals surface area contributed by atoms with Crippen LogP contribution < -0.4 is 5.32 Å². The quantitative estimate of drug-likeness (QED) is 0.800. The Morgan fingerprint density at radius 2 is 2.25 bits per heavy atom. The van der Waals surface area contributed by atoms with Crippen LogP contribution in [0.25, 0.3) is 0 Å². The third-order valence-electron chi connectivity index (χ3n) is 2.68. The monoisotopic (exact) mass is 285 g/mol. The van der Waals surface area contributed by atoms with Crippen LogP contribution in [0.15, 0.2) is 34.8 Å². The van der Waals surface area contributed by atoms with E-state index < -0.39 is 0 Å². The molecule has 0 aliphatic rings. The molecule has 0 bridgehead atoms. The molecule has 1 atom stereocenters. The second-order valence-electron chi connectivity index (χ2n) is 3.81. The summed E-state index contributed by atoms with van der Waals surface area (Å²) in [5.41, 5.74) is 2.26. The maximum absolute atomic E-state index is 13.0. The van der Waals surface area contributed by atoms with E-state index in [0.29, 0.717) is 0 Å². The van der Waals surface area contributed by atoms with Crippen LogP contribution in [0.3, 0.4) is 0 Å². The van der Waals surface area contributed by atoms with Crippen molar-refractivity contribution in [2.24, 2.45) is 0 Å². The van der Waals surface area contributed by atoms with E-state index in [9.17, 15) is 4.39 Å². The molecule has 1 nitrogen and oxygen atoms in total. The summed E-state index contributed by atoms with van der Waals surface area (Å²) in [6.07, 6.45) is 1.84. The van der Waals surface area contributed by atoms with Crippen molar-refractivity contribution in [1.29, 1.82) is 0 Å². The SMILES string of the molecule is C=C(CC)CC(NC)c1ccc(F)cc1Br. The number of benzene rings is 1. The molecule has 0 aliphatic heterocycles. The summed E-state index contributed by atoms with van der Waals surface area (Å²) in [4.78, 5) is 0. The zero-order valence-corrected chi connectivity index (χ0v) is 11.3. The highest BCUT2D eigenvalue weighted by Gasteiger charge is 2.13. The van der Waals surface area contributed by atoms with Crippen molar-refractivity contribution in [1.82, 2.24) is 5.32 Å². The molecule has 0 heterocycles. The van der Waals surface area contributed by atoms with Gasteiger partial charge in [0.15, 0.2) is 0 Å². The molecule has 3 heteroatoms. The second kappa shape index (κ2) is 6.16. The van der Waals surface area contributed by atoms with E-state index in [2.05, 4.69) is 34.7 Å². The fraction of sp³-hybridized carbons (Fsp3) is 0.385. The molecule has 0 saturated heterocycles. The van der Waals surface area contributed by atoms with E-state index in [0.717, 1.165) is 22.9 Å².